The van der Waals surface area contributed by atoms with E-state index < -0.39 is 5.97 Å². The SMILES string of the molecule is N#Cc1ccc(Cn2c3c(c4ccccc42)CCN(C(=O)C[C@H]2CC[C@@H](C(=O)O)CC2)C3)cc1. The largest absolute Gasteiger partial charge is 0.481 e. The van der Waals surface area contributed by atoms with E-state index in [1.807, 2.05) is 29.2 Å². The van der Waals surface area contributed by atoms with Gasteiger partial charge in [0.25, 0.3) is 0 Å². The third kappa shape index (κ3) is 4.31. The maximum absolute atomic E-state index is 13.2. The lowest BCUT2D eigenvalue weighted by Gasteiger charge is -2.31. The highest BCUT2D eigenvalue weighted by atomic mass is 16.4. The zero-order valence-electron chi connectivity index (χ0n) is 19.2. The number of amides is 1. The summed E-state index contributed by atoms with van der Waals surface area (Å²) in [5.74, 6) is -0.487. The molecule has 0 spiro atoms. The van der Waals surface area contributed by atoms with Crippen LogP contribution < -0.4 is 0 Å². The molecule has 174 valence electrons. The summed E-state index contributed by atoms with van der Waals surface area (Å²) in [4.78, 5) is 26.4. The summed E-state index contributed by atoms with van der Waals surface area (Å²) in [6.07, 6.45) is 4.35. The fourth-order valence-electron chi connectivity index (χ4n) is 5.64. The van der Waals surface area contributed by atoms with Gasteiger partial charge >= 0.3 is 5.97 Å². The van der Waals surface area contributed by atoms with Crippen molar-refractivity contribution in [2.45, 2.75) is 51.6 Å². The molecule has 1 aromatic heterocycles. The van der Waals surface area contributed by atoms with Crippen molar-refractivity contribution in [3.8, 4) is 6.07 Å². The zero-order chi connectivity index (χ0) is 23.7. The Kier molecular flexibility index (Phi) is 6.10. The standard InChI is InChI=1S/C28H29N3O3/c29-16-20-5-7-21(8-6-20)17-31-25-4-2-1-3-23(25)24-13-14-30(18-26(24)31)27(32)15-19-9-11-22(12-10-19)28(33)34/h1-8,19,22H,9-15,17-18H2,(H,33,34)/t19-,22+. The molecule has 0 bridgehead atoms. The van der Waals surface area contributed by atoms with E-state index in [0.29, 0.717) is 37.9 Å². The maximum Gasteiger partial charge on any atom is 0.306 e. The number of hydrogen-bond donors (Lipinski definition) is 1. The number of benzene rings is 2. The number of nitrogens with zero attached hydrogens (tertiary/aromatic N) is 3. The van der Waals surface area contributed by atoms with Gasteiger partial charge in [-0.15, -0.1) is 0 Å². The van der Waals surface area contributed by atoms with Crippen LogP contribution in [0.25, 0.3) is 10.9 Å². The second-order valence-corrected chi connectivity index (χ2v) is 9.66. The van der Waals surface area contributed by atoms with E-state index >= 15 is 0 Å². The number of aliphatic carboxylic acids is 1. The minimum atomic E-state index is -0.705. The molecule has 0 saturated heterocycles. The lowest BCUT2D eigenvalue weighted by Crippen LogP contribution is -2.38. The van der Waals surface area contributed by atoms with Crippen molar-refractivity contribution in [1.82, 2.24) is 9.47 Å². The Hall–Kier alpha value is -3.59. The molecule has 1 saturated carbocycles. The number of rotatable bonds is 5. The van der Waals surface area contributed by atoms with Crippen molar-refractivity contribution in [2.75, 3.05) is 6.54 Å². The van der Waals surface area contributed by atoms with Gasteiger partial charge in [0.1, 0.15) is 0 Å². The minimum Gasteiger partial charge on any atom is -0.481 e. The Labute approximate surface area is 199 Å². The fourth-order valence-corrected chi connectivity index (χ4v) is 5.64. The topological polar surface area (TPSA) is 86.3 Å². The van der Waals surface area contributed by atoms with Crippen LogP contribution in [0.1, 0.15) is 54.5 Å². The molecule has 0 unspecified atom stereocenters. The van der Waals surface area contributed by atoms with E-state index in [-0.39, 0.29) is 17.7 Å². The number of carbonyl (C=O) groups excluding carboxylic acids is 1. The molecular weight excluding hydrogens is 426 g/mol. The third-order valence-corrected chi connectivity index (χ3v) is 7.60. The van der Waals surface area contributed by atoms with Crippen molar-refractivity contribution < 1.29 is 14.7 Å². The molecular formula is C28H29N3O3. The molecule has 1 fully saturated rings. The van der Waals surface area contributed by atoms with Crippen molar-refractivity contribution in [1.29, 1.82) is 5.26 Å². The van der Waals surface area contributed by atoms with Crippen molar-refractivity contribution in [3.63, 3.8) is 0 Å². The predicted molar refractivity (Wildman–Crippen MR) is 129 cm³/mol. The van der Waals surface area contributed by atoms with Crippen LogP contribution in [0.5, 0.6) is 0 Å². The number of fused-ring (bicyclic) bond motifs is 3. The lowest BCUT2D eigenvalue weighted by atomic mass is 9.80. The number of carboxylic acid groups (broad SMARTS) is 1. The van der Waals surface area contributed by atoms with Gasteiger partial charge in [0.2, 0.25) is 5.91 Å². The van der Waals surface area contributed by atoms with Gasteiger partial charge in [-0.1, -0.05) is 30.3 Å². The number of para-hydroxylation sites is 1. The van der Waals surface area contributed by atoms with Crippen LogP contribution in [0.2, 0.25) is 0 Å². The predicted octanol–water partition coefficient (Wildman–Crippen LogP) is 4.73. The molecule has 5 rings (SSSR count). The molecule has 1 amide bonds. The van der Waals surface area contributed by atoms with Gasteiger partial charge in [0, 0.05) is 36.1 Å². The van der Waals surface area contributed by atoms with Crippen LogP contribution in [0, 0.1) is 23.2 Å². The van der Waals surface area contributed by atoms with Crippen LogP contribution in [-0.2, 0) is 29.1 Å². The summed E-state index contributed by atoms with van der Waals surface area (Å²) in [6.45, 7) is 2.02. The Morgan fingerprint density at radius 1 is 1.03 bits per heavy atom. The summed E-state index contributed by atoms with van der Waals surface area (Å²) in [7, 11) is 0. The van der Waals surface area contributed by atoms with E-state index in [2.05, 4.69) is 34.9 Å². The summed E-state index contributed by atoms with van der Waals surface area (Å²) in [5, 5.41) is 19.6. The van der Waals surface area contributed by atoms with E-state index in [9.17, 15) is 14.7 Å². The first-order valence-corrected chi connectivity index (χ1v) is 12.1. The lowest BCUT2D eigenvalue weighted by molar-refractivity contribution is -0.143. The minimum absolute atomic E-state index is 0.180. The molecule has 6 heteroatoms. The molecule has 1 aliphatic carbocycles. The van der Waals surface area contributed by atoms with E-state index in [4.69, 9.17) is 5.26 Å². The monoisotopic (exact) mass is 455 g/mol. The first kappa shape index (κ1) is 22.2. The van der Waals surface area contributed by atoms with Crippen molar-refractivity contribution in [3.05, 3.63) is 70.9 Å². The highest BCUT2D eigenvalue weighted by Crippen LogP contribution is 2.34. The normalized spacial score (nSPS) is 20.0. The smallest absolute Gasteiger partial charge is 0.306 e. The number of aromatic nitrogens is 1. The zero-order valence-corrected chi connectivity index (χ0v) is 19.2. The van der Waals surface area contributed by atoms with Gasteiger partial charge in [-0.25, -0.2) is 0 Å². The average molecular weight is 456 g/mol. The Bertz CT molecular complexity index is 1260. The van der Waals surface area contributed by atoms with Crippen LogP contribution in [-0.4, -0.2) is 33.0 Å². The van der Waals surface area contributed by atoms with Gasteiger partial charge < -0.3 is 14.6 Å². The highest BCUT2D eigenvalue weighted by molar-refractivity contribution is 5.87. The summed E-state index contributed by atoms with van der Waals surface area (Å²) in [6, 6.07) is 18.3. The second-order valence-electron chi connectivity index (χ2n) is 9.66. The highest BCUT2D eigenvalue weighted by Gasteiger charge is 2.31. The number of hydrogen-bond acceptors (Lipinski definition) is 3. The third-order valence-electron chi connectivity index (χ3n) is 7.60. The van der Waals surface area contributed by atoms with E-state index in [1.165, 1.54) is 22.2 Å². The van der Waals surface area contributed by atoms with Crippen LogP contribution >= 0.6 is 0 Å². The van der Waals surface area contributed by atoms with Crippen molar-refractivity contribution in [2.24, 2.45) is 11.8 Å². The molecule has 6 nitrogen and oxygen atoms in total. The second kappa shape index (κ2) is 9.34. The Morgan fingerprint density at radius 2 is 1.76 bits per heavy atom. The van der Waals surface area contributed by atoms with E-state index in [1.54, 1.807) is 0 Å². The Balaban J connectivity index is 1.35. The van der Waals surface area contributed by atoms with Crippen LogP contribution in [0.15, 0.2) is 48.5 Å². The van der Waals surface area contributed by atoms with Gasteiger partial charge in [0.15, 0.2) is 0 Å². The van der Waals surface area contributed by atoms with Gasteiger partial charge in [0.05, 0.1) is 24.1 Å². The first-order valence-electron chi connectivity index (χ1n) is 12.1. The number of nitriles is 1. The number of carbonyl (C=O) groups is 2. The Morgan fingerprint density at radius 3 is 2.47 bits per heavy atom. The molecule has 2 heterocycles. The van der Waals surface area contributed by atoms with E-state index in [0.717, 1.165) is 31.4 Å². The summed E-state index contributed by atoms with van der Waals surface area (Å²) in [5.41, 5.74) is 5.48. The first-order chi connectivity index (χ1) is 16.5. The molecule has 2 aromatic carbocycles. The van der Waals surface area contributed by atoms with Gasteiger partial charge in [-0.3, -0.25) is 9.59 Å². The fraction of sp³-hybridized carbons (Fsp3) is 0.393. The average Bonchev–Trinajstić information content (AvgIpc) is 3.17. The molecule has 0 radical (unpaired) electrons. The number of carboxylic acids is 1. The summed E-state index contributed by atoms with van der Waals surface area (Å²) >= 11 is 0. The quantitative estimate of drug-likeness (QED) is 0.603. The maximum atomic E-state index is 13.2. The molecule has 3 aromatic rings. The molecule has 34 heavy (non-hydrogen) atoms. The molecule has 2 aliphatic rings. The molecule has 0 atom stereocenters. The van der Waals surface area contributed by atoms with Gasteiger partial charge in [-0.05, 0) is 67.3 Å². The molecule has 1 N–H and O–H groups in total. The van der Waals surface area contributed by atoms with Crippen LogP contribution in [0.3, 0.4) is 0 Å². The van der Waals surface area contributed by atoms with Crippen molar-refractivity contribution >= 4 is 22.8 Å². The van der Waals surface area contributed by atoms with Crippen LogP contribution in [0.4, 0.5) is 0 Å². The molecule has 1 aliphatic heterocycles. The summed E-state index contributed by atoms with van der Waals surface area (Å²) < 4.78 is 2.32. The van der Waals surface area contributed by atoms with Gasteiger partial charge in [-0.2, -0.15) is 5.26 Å².